The van der Waals surface area contributed by atoms with Crippen molar-refractivity contribution in [2.75, 3.05) is 33.2 Å². The normalized spacial score (nSPS) is 25.4. The molecule has 1 aliphatic carbocycles. The number of likely N-dealkylation sites (N-methyl/N-ethyl adjacent to an activating group) is 1. The molecule has 0 radical (unpaired) electrons. The van der Waals surface area contributed by atoms with Crippen LogP contribution in [0, 0.1) is 11.3 Å². The molecule has 2 atom stereocenters. The first kappa shape index (κ1) is 21.9. The van der Waals surface area contributed by atoms with Crippen LogP contribution in [0.3, 0.4) is 0 Å². The largest absolute Gasteiger partial charge is 0.465 e. The van der Waals surface area contributed by atoms with Crippen LogP contribution in [-0.2, 0) is 9.59 Å². The molecule has 2 saturated heterocycles. The van der Waals surface area contributed by atoms with E-state index in [-0.39, 0.29) is 35.1 Å². The van der Waals surface area contributed by atoms with Gasteiger partial charge in [0.15, 0.2) is 0 Å². The Hall–Kier alpha value is -2.28. The molecular formula is C23H30ClN3O4. The SMILES string of the molecule is CN(C(=O)O)[C@H]1CN(C(=O)C2CCN(C(=O)C3(C)CC3)CC2)C[C@@H]1c1ccc(Cl)cc1. The highest BCUT2D eigenvalue weighted by Crippen LogP contribution is 2.47. The maximum atomic E-state index is 13.3. The minimum absolute atomic E-state index is 0.0741. The van der Waals surface area contributed by atoms with Gasteiger partial charge in [-0.15, -0.1) is 0 Å². The standard InChI is InChI=1S/C23H30ClN3O4/c1-23(9-10-23)21(29)26-11-7-16(8-12-26)20(28)27-13-18(15-3-5-17(24)6-4-15)19(14-27)25(2)22(30)31/h3-6,16,18-19H,7-14H2,1-2H3,(H,30,31)/t18-,19+/m1/s1. The summed E-state index contributed by atoms with van der Waals surface area (Å²) in [4.78, 5) is 42.6. The zero-order chi connectivity index (χ0) is 22.3. The van der Waals surface area contributed by atoms with Crippen molar-refractivity contribution >= 4 is 29.5 Å². The van der Waals surface area contributed by atoms with Crippen molar-refractivity contribution in [1.82, 2.24) is 14.7 Å². The minimum Gasteiger partial charge on any atom is -0.465 e. The molecule has 31 heavy (non-hydrogen) atoms. The van der Waals surface area contributed by atoms with Crippen LogP contribution >= 0.6 is 11.6 Å². The summed E-state index contributed by atoms with van der Waals surface area (Å²) < 4.78 is 0. The third-order valence-corrected chi connectivity index (χ3v) is 7.60. The summed E-state index contributed by atoms with van der Waals surface area (Å²) in [5.74, 6) is 0.0881. The smallest absolute Gasteiger partial charge is 0.407 e. The van der Waals surface area contributed by atoms with Crippen LogP contribution < -0.4 is 0 Å². The lowest BCUT2D eigenvalue weighted by atomic mass is 9.93. The highest BCUT2D eigenvalue weighted by molar-refractivity contribution is 6.30. The fraction of sp³-hybridized carbons (Fsp3) is 0.609. The van der Waals surface area contributed by atoms with Crippen molar-refractivity contribution in [2.45, 2.75) is 44.6 Å². The van der Waals surface area contributed by atoms with E-state index in [4.69, 9.17) is 11.6 Å². The van der Waals surface area contributed by atoms with Gasteiger partial charge in [-0.2, -0.15) is 0 Å². The molecule has 4 rings (SSSR count). The molecule has 1 N–H and O–H groups in total. The Kier molecular flexibility index (Phi) is 5.90. The zero-order valence-electron chi connectivity index (χ0n) is 18.1. The fourth-order valence-electron chi connectivity index (χ4n) is 4.91. The molecule has 2 heterocycles. The number of rotatable bonds is 4. The fourth-order valence-corrected chi connectivity index (χ4v) is 5.04. The van der Waals surface area contributed by atoms with Crippen molar-refractivity contribution < 1.29 is 19.5 Å². The lowest BCUT2D eigenvalue weighted by Gasteiger charge is -2.34. The van der Waals surface area contributed by atoms with Gasteiger partial charge >= 0.3 is 6.09 Å². The lowest BCUT2D eigenvalue weighted by Crippen LogP contribution is -2.46. The topological polar surface area (TPSA) is 81.2 Å². The van der Waals surface area contributed by atoms with Gasteiger partial charge in [-0.05, 0) is 43.4 Å². The van der Waals surface area contributed by atoms with Crippen LogP contribution in [0.2, 0.25) is 5.02 Å². The summed E-state index contributed by atoms with van der Waals surface area (Å²) in [5, 5.41) is 10.2. The van der Waals surface area contributed by atoms with Gasteiger partial charge in [-0.25, -0.2) is 4.79 Å². The summed E-state index contributed by atoms with van der Waals surface area (Å²) in [5.41, 5.74) is 0.808. The lowest BCUT2D eigenvalue weighted by molar-refractivity contribution is -0.142. The van der Waals surface area contributed by atoms with E-state index in [0.717, 1.165) is 18.4 Å². The van der Waals surface area contributed by atoms with Crippen molar-refractivity contribution in [3.8, 4) is 0 Å². The third-order valence-electron chi connectivity index (χ3n) is 7.35. The first-order chi connectivity index (χ1) is 14.7. The summed E-state index contributed by atoms with van der Waals surface area (Å²) in [6, 6.07) is 7.11. The maximum absolute atomic E-state index is 13.3. The third kappa shape index (κ3) is 4.38. The predicted octanol–water partition coefficient (Wildman–Crippen LogP) is 3.28. The van der Waals surface area contributed by atoms with E-state index in [1.807, 2.05) is 28.9 Å². The molecule has 3 amide bonds. The van der Waals surface area contributed by atoms with Crippen LogP contribution in [0.5, 0.6) is 0 Å². The molecule has 3 fully saturated rings. The molecule has 1 saturated carbocycles. The zero-order valence-corrected chi connectivity index (χ0v) is 18.8. The van der Waals surface area contributed by atoms with Crippen LogP contribution in [0.25, 0.3) is 0 Å². The van der Waals surface area contributed by atoms with Gasteiger partial charge in [0.05, 0.1) is 6.04 Å². The number of carboxylic acid groups (broad SMARTS) is 1. The Balaban J connectivity index is 1.43. The van der Waals surface area contributed by atoms with Crippen molar-refractivity contribution in [3.63, 3.8) is 0 Å². The Labute approximate surface area is 187 Å². The van der Waals surface area contributed by atoms with Gasteiger partial charge in [0.25, 0.3) is 0 Å². The number of halogens is 1. The van der Waals surface area contributed by atoms with Gasteiger partial charge in [-0.3, -0.25) is 9.59 Å². The summed E-state index contributed by atoms with van der Waals surface area (Å²) in [6.07, 6.45) is 2.26. The number of carbonyl (C=O) groups is 3. The number of hydrogen-bond donors (Lipinski definition) is 1. The summed E-state index contributed by atoms with van der Waals surface area (Å²) >= 11 is 6.02. The van der Waals surface area contributed by atoms with Gasteiger partial charge in [0.2, 0.25) is 11.8 Å². The molecule has 1 aromatic rings. The first-order valence-electron chi connectivity index (χ1n) is 11.0. The number of piperidine rings is 1. The molecule has 1 aromatic carbocycles. The number of nitrogens with zero attached hydrogens (tertiary/aromatic N) is 3. The molecule has 0 spiro atoms. The Bertz CT molecular complexity index is 862. The second-order valence-electron chi connectivity index (χ2n) is 9.49. The van der Waals surface area contributed by atoms with E-state index in [1.165, 1.54) is 4.90 Å². The van der Waals surface area contributed by atoms with Crippen molar-refractivity contribution in [1.29, 1.82) is 0 Å². The summed E-state index contributed by atoms with van der Waals surface area (Å²) in [7, 11) is 1.56. The molecule has 2 aliphatic heterocycles. The van der Waals surface area contributed by atoms with E-state index >= 15 is 0 Å². The average molecular weight is 448 g/mol. The number of likely N-dealkylation sites (tertiary alicyclic amines) is 2. The molecule has 3 aliphatic rings. The number of amides is 3. The number of benzene rings is 1. The monoisotopic (exact) mass is 447 g/mol. The van der Waals surface area contributed by atoms with E-state index in [2.05, 4.69) is 0 Å². The number of hydrogen-bond acceptors (Lipinski definition) is 3. The first-order valence-corrected chi connectivity index (χ1v) is 11.4. The highest BCUT2D eigenvalue weighted by atomic mass is 35.5. The van der Waals surface area contributed by atoms with E-state index in [0.29, 0.717) is 44.0 Å². The van der Waals surface area contributed by atoms with Gasteiger partial charge in [-0.1, -0.05) is 30.7 Å². The molecule has 168 valence electrons. The van der Waals surface area contributed by atoms with Gasteiger partial charge < -0.3 is 19.8 Å². The van der Waals surface area contributed by atoms with Gasteiger partial charge in [0, 0.05) is 55.5 Å². The van der Waals surface area contributed by atoms with Crippen LogP contribution in [-0.4, -0.2) is 77.0 Å². The second-order valence-corrected chi connectivity index (χ2v) is 9.93. The second kappa shape index (κ2) is 8.34. The molecular weight excluding hydrogens is 418 g/mol. The van der Waals surface area contributed by atoms with E-state index < -0.39 is 6.09 Å². The Morgan fingerprint density at radius 1 is 1.06 bits per heavy atom. The van der Waals surface area contributed by atoms with E-state index in [1.54, 1.807) is 19.2 Å². The van der Waals surface area contributed by atoms with Crippen molar-refractivity contribution in [2.24, 2.45) is 11.3 Å². The van der Waals surface area contributed by atoms with Crippen LogP contribution in [0.15, 0.2) is 24.3 Å². The number of carbonyl (C=O) groups excluding carboxylic acids is 2. The Morgan fingerprint density at radius 2 is 1.68 bits per heavy atom. The highest BCUT2D eigenvalue weighted by Gasteiger charge is 2.48. The predicted molar refractivity (Wildman–Crippen MR) is 117 cm³/mol. The van der Waals surface area contributed by atoms with E-state index in [9.17, 15) is 19.5 Å². The Morgan fingerprint density at radius 3 is 2.23 bits per heavy atom. The molecule has 7 nitrogen and oxygen atoms in total. The average Bonchev–Trinajstić information content (AvgIpc) is 3.37. The van der Waals surface area contributed by atoms with Gasteiger partial charge in [0.1, 0.15) is 0 Å². The molecule has 0 aromatic heterocycles. The maximum Gasteiger partial charge on any atom is 0.407 e. The van der Waals surface area contributed by atoms with Crippen molar-refractivity contribution in [3.05, 3.63) is 34.9 Å². The van der Waals surface area contributed by atoms with Crippen LogP contribution in [0.4, 0.5) is 4.79 Å². The molecule has 0 unspecified atom stereocenters. The quantitative estimate of drug-likeness (QED) is 0.767. The molecule has 0 bridgehead atoms. The molecule has 8 heteroatoms. The summed E-state index contributed by atoms with van der Waals surface area (Å²) in [6.45, 7) is 4.13. The van der Waals surface area contributed by atoms with Crippen LogP contribution in [0.1, 0.15) is 44.1 Å². The minimum atomic E-state index is -1.00.